The van der Waals surface area contributed by atoms with E-state index in [1.807, 2.05) is 11.6 Å². The lowest BCUT2D eigenvalue weighted by molar-refractivity contribution is 0.0343. The zero-order valence-corrected chi connectivity index (χ0v) is 13.4. The van der Waals surface area contributed by atoms with Gasteiger partial charge in [0.05, 0.1) is 29.6 Å². The van der Waals surface area contributed by atoms with Gasteiger partial charge in [0.1, 0.15) is 0 Å². The fraction of sp³-hybridized carbons (Fsp3) is 0.786. The van der Waals surface area contributed by atoms with Crippen LogP contribution in [0.5, 0.6) is 0 Å². The number of rotatable bonds is 6. The minimum atomic E-state index is 0.421. The second kappa shape index (κ2) is 7.41. The Bertz CT molecular complexity index is 429. The van der Waals surface area contributed by atoms with Crippen molar-refractivity contribution in [2.75, 3.05) is 32.8 Å². The maximum atomic E-state index is 6.32. The first-order valence-electron chi connectivity index (χ1n) is 7.37. The molecule has 6 heteroatoms. The van der Waals surface area contributed by atoms with Crippen molar-refractivity contribution in [1.29, 1.82) is 0 Å². The zero-order valence-electron chi connectivity index (χ0n) is 12.7. The number of ether oxygens (including phenoxy) is 1. The van der Waals surface area contributed by atoms with Crippen LogP contribution >= 0.6 is 11.6 Å². The number of morpholine rings is 1. The van der Waals surface area contributed by atoms with E-state index >= 15 is 0 Å². The Morgan fingerprint density at radius 3 is 2.75 bits per heavy atom. The number of hydrogen-bond acceptors (Lipinski definition) is 4. The van der Waals surface area contributed by atoms with Gasteiger partial charge in [-0.3, -0.25) is 9.58 Å². The van der Waals surface area contributed by atoms with Crippen molar-refractivity contribution in [1.82, 2.24) is 20.0 Å². The molecule has 1 N–H and O–H groups in total. The van der Waals surface area contributed by atoms with Crippen LogP contribution in [0.1, 0.15) is 25.2 Å². The third-order valence-electron chi connectivity index (χ3n) is 3.71. The van der Waals surface area contributed by atoms with E-state index < -0.39 is 0 Å². The molecule has 1 atom stereocenters. The normalized spacial score (nSPS) is 18.4. The van der Waals surface area contributed by atoms with E-state index in [1.54, 1.807) is 0 Å². The lowest BCUT2D eigenvalue weighted by Crippen LogP contribution is -2.44. The average Bonchev–Trinajstić information content (AvgIpc) is 2.73. The van der Waals surface area contributed by atoms with Gasteiger partial charge in [0.15, 0.2) is 0 Å². The van der Waals surface area contributed by atoms with Crippen LogP contribution < -0.4 is 5.32 Å². The predicted molar refractivity (Wildman–Crippen MR) is 81.2 cm³/mol. The van der Waals surface area contributed by atoms with Crippen LogP contribution in [0.3, 0.4) is 0 Å². The Morgan fingerprint density at radius 1 is 1.40 bits per heavy atom. The van der Waals surface area contributed by atoms with Crippen LogP contribution in [0.4, 0.5) is 0 Å². The summed E-state index contributed by atoms with van der Waals surface area (Å²) in [4.78, 5) is 2.44. The summed E-state index contributed by atoms with van der Waals surface area (Å²) in [6.45, 7) is 12.7. The highest BCUT2D eigenvalue weighted by Gasteiger charge is 2.16. The lowest BCUT2D eigenvalue weighted by atomic mass is 10.2. The number of aryl methyl sites for hydroxylation is 2. The second-order valence-electron chi connectivity index (χ2n) is 5.36. The Hall–Kier alpha value is -0.620. The van der Waals surface area contributed by atoms with Crippen LogP contribution in [0.25, 0.3) is 0 Å². The first-order chi connectivity index (χ1) is 9.61. The Balaban J connectivity index is 1.84. The zero-order chi connectivity index (χ0) is 14.5. The molecular formula is C14H25ClN4O. The highest BCUT2D eigenvalue weighted by atomic mass is 35.5. The molecule has 0 aromatic carbocycles. The van der Waals surface area contributed by atoms with Crippen molar-refractivity contribution in [3.8, 4) is 0 Å². The van der Waals surface area contributed by atoms with Gasteiger partial charge in [-0.15, -0.1) is 0 Å². The highest BCUT2D eigenvalue weighted by Crippen LogP contribution is 2.20. The highest BCUT2D eigenvalue weighted by molar-refractivity contribution is 6.31. The SMILES string of the molecule is CCn1nc(C)c(Cl)c1CNC(C)CN1CCOCC1. The van der Waals surface area contributed by atoms with Crippen LogP contribution in [-0.4, -0.2) is 53.6 Å². The molecule has 0 amide bonds. The van der Waals surface area contributed by atoms with E-state index in [9.17, 15) is 0 Å². The van der Waals surface area contributed by atoms with Crippen molar-refractivity contribution < 1.29 is 4.74 Å². The van der Waals surface area contributed by atoms with E-state index in [-0.39, 0.29) is 0 Å². The van der Waals surface area contributed by atoms with E-state index in [2.05, 4.69) is 29.2 Å². The van der Waals surface area contributed by atoms with E-state index in [4.69, 9.17) is 16.3 Å². The van der Waals surface area contributed by atoms with Gasteiger partial charge < -0.3 is 10.1 Å². The summed E-state index contributed by atoms with van der Waals surface area (Å²) in [5.74, 6) is 0. The Kier molecular flexibility index (Phi) is 5.84. The monoisotopic (exact) mass is 300 g/mol. The van der Waals surface area contributed by atoms with Crippen LogP contribution in [-0.2, 0) is 17.8 Å². The first-order valence-corrected chi connectivity index (χ1v) is 7.74. The molecule has 1 aliphatic heterocycles. The quantitative estimate of drug-likeness (QED) is 0.868. The molecule has 1 aromatic heterocycles. The lowest BCUT2D eigenvalue weighted by Gasteiger charge is -2.29. The van der Waals surface area contributed by atoms with Gasteiger partial charge in [0.25, 0.3) is 0 Å². The van der Waals surface area contributed by atoms with Crippen LogP contribution in [0, 0.1) is 6.92 Å². The van der Waals surface area contributed by atoms with E-state index in [0.29, 0.717) is 6.04 Å². The summed E-state index contributed by atoms with van der Waals surface area (Å²) in [6, 6.07) is 0.421. The van der Waals surface area contributed by atoms with Gasteiger partial charge in [-0.2, -0.15) is 5.10 Å². The molecular weight excluding hydrogens is 276 g/mol. The smallest absolute Gasteiger partial charge is 0.0860 e. The summed E-state index contributed by atoms with van der Waals surface area (Å²) in [6.07, 6.45) is 0. The number of hydrogen-bond donors (Lipinski definition) is 1. The molecule has 1 unspecified atom stereocenters. The van der Waals surface area contributed by atoms with Gasteiger partial charge >= 0.3 is 0 Å². The van der Waals surface area contributed by atoms with Crippen LogP contribution in [0.15, 0.2) is 0 Å². The molecule has 2 rings (SSSR count). The van der Waals surface area contributed by atoms with Gasteiger partial charge in [0.2, 0.25) is 0 Å². The molecule has 0 bridgehead atoms. The predicted octanol–water partition coefficient (Wildman–Crippen LogP) is 1.68. The minimum absolute atomic E-state index is 0.421. The number of nitrogens with zero attached hydrogens (tertiary/aromatic N) is 3. The topological polar surface area (TPSA) is 42.3 Å². The Morgan fingerprint density at radius 2 is 2.10 bits per heavy atom. The molecule has 1 fully saturated rings. The molecule has 2 heterocycles. The summed E-state index contributed by atoms with van der Waals surface area (Å²) in [5, 5.41) is 8.78. The maximum absolute atomic E-state index is 6.32. The second-order valence-corrected chi connectivity index (χ2v) is 5.73. The molecule has 0 spiro atoms. The molecule has 0 aliphatic carbocycles. The molecule has 5 nitrogen and oxygen atoms in total. The largest absolute Gasteiger partial charge is 0.379 e. The fourth-order valence-corrected chi connectivity index (χ4v) is 2.75. The summed E-state index contributed by atoms with van der Waals surface area (Å²) in [5.41, 5.74) is 1.99. The number of aromatic nitrogens is 2. The van der Waals surface area contributed by atoms with Gasteiger partial charge in [-0.1, -0.05) is 11.6 Å². The van der Waals surface area contributed by atoms with Crippen molar-refractivity contribution in [3.05, 3.63) is 16.4 Å². The van der Waals surface area contributed by atoms with E-state index in [0.717, 1.165) is 62.3 Å². The molecule has 114 valence electrons. The fourth-order valence-electron chi connectivity index (χ4n) is 2.54. The van der Waals surface area contributed by atoms with Gasteiger partial charge in [-0.25, -0.2) is 0 Å². The third-order valence-corrected chi connectivity index (χ3v) is 4.20. The van der Waals surface area contributed by atoms with Crippen molar-refractivity contribution in [2.24, 2.45) is 0 Å². The number of halogens is 1. The van der Waals surface area contributed by atoms with E-state index in [1.165, 1.54) is 0 Å². The van der Waals surface area contributed by atoms with Gasteiger partial charge in [0, 0.05) is 38.8 Å². The minimum Gasteiger partial charge on any atom is -0.379 e. The average molecular weight is 301 g/mol. The third kappa shape index (κ3) is 3.95. The number of nitrogens with one attached hydrogen (secondary N) is 1. The maximum Gasteiger partial charge on any atom is 0.0860 e. The molecule has 1 aromatic rings. The molecule has 1 aliphatic rings. The molecule has 1 saturated heterocycles. The van der Waals surface area contributed by atoms with Crippen molar-refractivity contribution in [3.63, 3.8) is 0 Å². The van der Waals surface area contributed by atoms with Crippen LogP contribution in [0.2, 0.25) is 5.02 Å². The first kappa shape index (κ1) is 15.8. The summed E-state index contributed by atoms with van der Waals surface area (Å²) >= 11 is 6.32. The summed E-state index contributed by atoms with van der Waals surface area (Å²) < 4.78 is 7.35. The molecule has 20 heavy (non-hydrogen) atoms. The van der Waals surface area contributed by atoms with Crippen molar-refractivity contribution in [2.45, 2.75) is 39.9 Å². The molecule has 0 saturated carbocycles. The summed E-state index contributed by atoms with van der Waals surface area (Å²) in [7, 11) is 0. The standard InChI is InChI=1S/C14H25ClN4O/c1-4-19-13(14(15)12(3)17-19)9-16-11(2)10-18-5-7-20-8-6-18/h11,16H,4-10H2,1-3H3. The molecule has 0 radical (unpaired) electrons. The Labute approximate surface area is 126 Å². The van der Waals surface area contributed by atoms with Crippen molar-refractivity contribution >= 4 is 11.6 Å². The van der Waals surface area contributed by atoms with Gasteiger partial charge in [-0.05, 0) is 20.8 Å².